The van der Waals surface area contributed by atoms with Gasteiger partial charge in [0.05, 0.1) is 30.8 Å². The van der Waals surface area contributed by atoms with Crippen LogP contribution in [-0.2, 0) is 9.53 Å². The first-order chi connectivity index (χ1) is 14.5. The number of fused-ring (bicyclic) bond motifs is 1. The Hall–Kier alpha value is -3.88. The molecule has 0 saturated heterocycles. The molecule has 30 heavy (non-hydrogen) atoms. The van der Waals surface area contributed by atoms with Crippen molar-refractivity contribution in [1.29, 1.82) is 0 Å². The Morgan fingerprint density at radius 2 is 1.97 bits per heavy atom. The van der Waals surface area contributed by atoms with Crippen LogP contribution in [0.3, 0.4) is 0 Å². The molecule has 3 aromatic rings. The molecule has 3 rings (SSSR count). The fourth-order valence-corrected chi connectivity index (χ4v) is 2.78. The maximum atomic E-state index is 12.6. The molecule has 0 radical (unpaired) electrons. The largest absolute Gasteiger partial charge is 0.493 e. The molecule has 0 fully saturated rings. The predicted molar refractivity (Wildman–Crippen MR) is 112 cm³/mol. The zero-order valence-electron chi connectivity index (χ0n) is 16.7. The molecule has 1 N–H and O–H groups in total. The number of methoxy groups -OCH3 is 1. The molecule has 0 aliphatic carbocycles. The van der Waals surface area contributed by atoms with Crippen LogP contribution in [0.5, 0.6) is 11.5 Å². The molecule has 0 bridgehead atoms. The summed E-state index contributed by atoms with van der Waals surface area (Å²) < 4.78 is 16.7. The van der Waals surface area contributed by atoms with Gasteiger partial charge >= 0.3 is 11.7 Å². The van der Waals surface area contributed by atoms with Crippen molar-refractivity contribution in [2.24, 2.45) is 5.10 Å². The lowest BCUT2D eigenvalue weighted by Crippen LogP contribution is -2.32. The van der Waals surface area contributed by atoms with Crippen molar-refractivity contribution in [3.05, 3.63) is 68.9 Å². The summed E-state index contributed by atoms with van der Waals surface area (Å²) in [6, 6.07) is 11.6. The number of esters is 1. The standard InChI is InChI=1S/C21H21N3O6/c1-4-29-20(26)13(2)30-18-14(8-7-11-17(18)28-3)12-22-24-19(25)15-9-5-6-10-16(15)23-21(24)27/h5-13H,4H2,1-3H3,(H,23,27). The highest BCUT2D eigenvalue weighted by atomic mass is 16.6. The lowest BCUT2D eigenvalue weighted by atomic mass is 10.2. The van der Waals surface area contributed by atoms with E-state index in [9.17, 15) is 14.4 Å². The van der Waals surface area contributed by atoms with Crippen molar-refractivity contribution in [3.63, 3.8) is 0 Å². The molecule has 156 valence electrons. The predicted octanol–water partition coefficient (Wildman–Crippen LogP) is 1.91. The van der Waals surface area contributed by atoms with Gasteiger partial charge in [0.25, 0.3) is 5.56 Å². The minimum Gasteiger partial charge on any atom is -0.493 e. The first kappa shape index (κ1) is 20.8. The number of aromatic amines is 1. The Bertz CT molecular complexity index is 1210. The van der Waals surface area contributed by atoms with Crippen molar-refractivity contribution in [2.75, 3.05) is 13.7 Å². The molecule has 0 spiro atoms. The zero-order chi connectivity index (χ0) is 21.7. The number of ether oxygens (including phenoxy) is 3. The second-order valence-electron chi connectivity index (χ2n) is 6.23. The molecular formula is C21H21N3O6. The maximum absolute atomic E-state index is 12.6. The summed E-state index contributed by atoms with van der Waals surface area (Å²) in [7, 11) is 1.46. The number of benzene rings is 2. The minimum atomic E-state index is -0.903. The molecule has 0 aliphatic rings. The highest BCUT2D eigenvalue weighted by Crippen LogP contribution is 2.31. The molecule has 0 saturated carbocycles. The number of rotatable bonds is 7. The third-order valence-electron chi connectivity index (χ3n) is 4.24. The number of hydrogen-bond acceptors (Lipinski definition) is 7. The third kappa shape index (κ3) is 4.24. The summed E-state index contributed by atoms with van der Waals surface area (Å²) >= 11 is 0. The highest BCUT2D eigenvalue weighted by Gasteiger charge is 2.20. The second kappa shape index (κ2) is 9.08. The number of carbonyl (C=O) groups is 1. The number of nitrogens with one attached hydrogen (secondary N) is 1. The molecule has 1 unspecified atom stereocenters. The van der Waals surface area contributed by atoms with Crippen molar-refractivity contribution < 1.29 is 19.0 Å². The van der Waals surface area contributed by atoms with Gasteiger partial charge in [-0.25, -0.2) is 9.59 Å². The summed E-state index contributed by atoms with van der Waals surface area (Å²) in [5.41, 5.74) is -0.409. The summed E-state index contributed by atoms with van der Waals surface area (Å²) in [5.74, 6) is 0.0536. The van der Waals surface area contributed by atoms with Crippen molar-refractivity contribution >= 4 is 23.1 Å². The summed E-state index contributed by atoms with van der Waals surface area (Å²) in [4.78, 5) is 39.5. The van der Waals surface area contributed by atoms with Crippen LogP contribution in [0.25, 0.3) is 10.9 Å². The normalized spacial score (nSPS) is 12.1. The number of hydrogen-bond donors (Lipinski definition) is 1. The van der Waals surface area contributed by atoms with E-state index in [0.717, 1.165) is 4.68 Å². The number of nitrogens with zero attached hydrogens (tertiary/aromatic N) is 2. The van der Waals surface area contributed by atoms with E-state index in [0.29, 0.717) is 22.2 Å². The number of para-hydroxylation sites is 2. The van der Waals surface area contributed by atoms with E-state index in [1.54, 1.807) is 56.3 Å². The Kier molecular flexibility index (Phi) is 6.31. The summed E-state index contributed by atoms with van der Waals surface area (Å²) in [6.45, 7) is 3.47. The van der Waals surface area contributed by atoms with E-state index in [4.69, 9.17) is 14.2 Å². The van der Waals surface area contributed by atoms with Crippen LogP contribution in [0.4, 0.5) is 0 Å². The zero-order valence-corrected chi connectivity index (χ0v) is 16.7. The fraction of sp³-hybridized carbons (Fsp3) is 0.238. The Labute approximate surface area is 171 Å². The molecule has 9 heteroatoms. The third-order valence-corrected chi connectivity index (χ3v) is 4.24. The van der Waals surface area contributed by atoms with Gasteiger partial charge in [-0.2, -0.15) is 5.10 Å². The van der Waals surface area contributed by atoms with Gasteiger partial charge in [0.15, 0.2) is 17.6 Å². The lowest BCUT2D eigenvalue weighted by molar-refractivity contribution is -0.150. The van der Waals surface area contributed by atoms with Crippen molar-refractivity contribution in [1.82, 2.24) is 9.66 Å². The van der Waals surface area contributed by atoms with Gasteiger partial charge in [-0.1, -0.05) is 18.2 Å². The number of carbonyl (C=O) groups excluding carboxylic acids is 1. The van der Waals surface area contributed by atoms with E-state index >= 15 is 0 Å². The van der Waals surface area contributed by atoms with Crippen LogP contribution >= 0.6 is 0 Å². The van der Waals surface area contributed by atoms with E-state index in [1.807, 2.05) is 0 Å². The topological polar surface area (TPSA) is 112 Å². The van der Waals surface area contributed by atoms with E-state index in [1.165, 1.54) is 13.3 Å². The minimum absolute atomic E-state index is 0.223. The SMILES string of the molecule is CCOC(=O)C(C)Oc1c(C=Nn2c(=O)[nH]c3ccccc3c2=O)cccc1OC. The molecule has 1 aromatic heterocycles. The Morgan fingerprint density at radius 3 is 2.70 bits per heavy atom. The quantitative estimate of drug-likeness (QED) is 0.470. The molecule has 1 heterocycles. The maximum Gasteiger partial charge on any atom is 0.349 e. The number of aromatic nitrogens is 2. The monoisotopic (exact) mass is 411 g/mol. The first-order valence-electron chi connectivity index (χ1n) is 9.25. The smallest absolute Gasteiger partial charge is 0.349 e. The van der Waals surface area contributed by atoms with Crippen LogP contribution in [0, 0.1) is 0 Å². The average molecular weight is 411 g/mol. The van der Waals surface area contributed by atoms with E-state index in [2.05, 4.69) is 10.1 Å². The van der Waals surface area contributed by atoms with Gasteiger partial charge in [-0.3, -0.25) is 4.79 Å². The Morgan fingerprint density at radius 1 is 1.20 bits per heavy atom. The molecule has 2 aromatic carbocycles. The van der Waals surface area contributed by atoms with Crippen LogP contribution in [0.1, 0.15) is 19.4 Å². The average Bonchev–Trinajstić information content (AvgIpc) is 2.74. The first-order valence-corrected chi connectivity index (χ1v) is 9.25. The molecular weight excluding hydrogens is 390 g/mol. The highest BCUT2D eigenvalue weighted by molar-refractivity contribution is 5.86. The van der Waals surface area contributed by atoms with Gasteiger partial charge in [-0.05, 0) is 38.1 Å². The van der Waals surface area contributed by atoms with E-state index < -0.39 is 23.3 Å². The summed E-state index contributed by atoms with van der Waals surface area (Å²) in [5, 5.41) is 4.36. The van der Waals surface area contributed by atoms with Crippen LogP contribution in [-0.4, -0.2) is 41.7 Å². The van der Waals surface area contributed by atoms with Crippen molar-refractivity contribution in [2.45, 2.75) is 20.0 Å². The van der Waals surface area contributed by atoms with E-state index in [-0.39, 0.29) is 12.4 Å². The van der Waals surface area contributed by atoms with Gasteiger partial charge in [-0.15, -0.1) is 4.68 Å². The van der Waals surface area contributed by atoms with Crippen molar-refractivity contribution in [3.8, 4) is 11.5 Å². The summed E-state index contributed by atoms with van der Waals surface area (Å²) in [6.07, 6.45) is 0.390. The molecule has 9 nitrogen and oxygen atoms in total. The fourth-order valence-electron chi connectivity index (χ4n) is 2.78. The van der Waals surface area contributed by atoms with Gasteiger partial charge < -0.3 is 19.2 Å². The lowest BCUT2D eigenvalue weighted by Gasteiger charge is -2.17. The van der Waals surface area contributed by atoms with Gasteiger partial charge in [0.2, 0.25) is 0 Å². The molecule has 0 amide bonds. The second-order valence-corrected chi connectivity index (χ2v) is 6.23. The van der Waals surface area contributed by atoms with Crippen LogP contribution in [0.2, 0.25) is 0 Å². The Balaban J connectivity index is 2.02. The van der Waals surface area contributed by atoms with Crippen LogP contribution in [0.15, 0.2) is 57.2 Å². The van der Waals surface area contributed by atoms with Gasteiger partial charge in [0, 0.05) is 5.56 Å². The molecule has 1 atom stereocenters. The van der Waals surface area contributed by atoms with Gasteiger partial charge in [0.1, 0.15) is 0 Å². The molecule has 0 aliphatic heterocycles. The number of H-pyrrole nitrogens is 1. The van der Waals surface area contributed by atoms with Crippen LogP contribution < -0.4 is 20.7 Å².